The number of aromatic hydroxyl groups is 1. The fourth-order valence-electron chi connectivity index (χ4n) is 5.17. The zero-order chi connectivity index (χ0) is 33.8. The largest absolute Gasteiger partial charge is 0.506 e. The zero-order valence-corrected chi connectivity index (χ0v) is 26.1. The third-order valence-electron chi connectivity index (χ3n) is 7.42. The minimum atomic E-state index is -1.24. The molecule has 0 aliphatic carbocycles. The van der Waals surface area contributed by atoms with Gasteiger partial charge in [-0.2, -0.15) is 0 Å². The SMILES string of the molecule is CC(=O)N1CCC(N(C(=O)c2nocc2-c2cc(OCC(=O)O)c(Cl)cc2Cl)c2c(O)cccc2Oc2ccc([N+](=O)[O-])cc2)CC1. The van der Waals surface area contributed by atoms with Crippen LogP contribution in [-0.4, -0.2) is 68.7 Å². The Morgan fingerprint density at radius 2 is 1.77 bits per heavy atom. The molecular weight excluding hydrogens is 659 g/mol. The molecule has 16 heteroatoms. The Morgan fingerprint density at radius 3 is 2.40 bits per heavy atom. The van der Waals surface area contributed by atoms with E-state index < -0.39 is 29.4 Å². The molecule has 2 N–H and O–H groups in total. The fraction of sp³-hybridized carbons (Fsp3) is 0.226. The first kappa shape index (κ1) is 33.0. The van der Waals surface area contributed by atoms with Crippen LogP contribution in [0.2, 0.25) is 10.0 Å². The number of nitro benzene ring substituents is 1. The molecule has 1 fully saturated rings. The van der Waals surface area contributed by atoms with E-state index in [0.29, 0.717) is 25.9 Å². The Labute approximate surface area is 276 Å². The lowest BCUT2D eigenvalue weighted by atomic mass is 9.99. The third-order valence-corrected chi connectivity index (χ3v) is 8.03. The number of anilines is 1. The molecule has 14 nitrogen and oxygen atoms in total. The van der Waals surface area contributed by atoms with Gasteiger partial charge in [0.2, 0.25) is 5.91 Å². The maximum atomic E-state index is 14.6. The van der Waals surface area contributed by atoms with Gasteiger partial charge in [0.1, 0.15) is 29.2 Å². The number of likely N-dealkylation sites (tertiary alicyclic amines) is 1. The first-order valence-corrected chi connectivity index (χ1v) is 14.8. The highest BCUT2D eigenvalue weighted by Gasteiger charge is 2.37. The highest BCUT2D eigenvalue weighted by atomic mass is 35.5. The number of hydrogen-bond donors (Lipinski definition) is 2. The van der Waals surface area contributed by atoms with E-state index in [0.717, 1.165) is 0 Å². The summed E-state index contributed by atoms with van der Waals surface area (Å²) in [6.45, 7) is 1.42. The second-order valence-electron chi connectivity index (χ2n) is 10.4. The second kappa shape index (κ2) is 14.0. The van der Waals surface area contributed by atoms with Crippen LogP contribution in [0.25, 0.3) is 11.1 Å². The van der Waals surface area contributed by atoms with Gasteiger partial charge >= 0.3 is 5.97 Å². The Hall–Kier alpha value is -5.34. The lowest BCUT2D eigenvalue weighted by Crippen LogP contribution is -2.49. The van der Waals surface area contributed by atoms with Crippen LogP contribution in [0, 0.1) is 10.1 Å². The summed E-state index contributed by atoms with van der Waals surface area (Å²) < 4.78 is 16.6. The number of para-hydroxylation sites is 1. The molecule has 0 bridgehead atoms. The number of carboxylic acids is 1. The normalized spacial score (nSPS) is 13.2. The van der Waals surface area contributed by atoms with Crippen molar-refractivity contribution in [2.24, 2.45) is 0 Å². The Balaban J connectivity index is 1.59. The van der Waals surface area contributed by atoms with Crippen LogP contribution in [0.1, 0.15) is 30.3 Å². The van der Waals surface area contributed by atoms with Gasteiger partial charge in [-0.25, -0.2) is 4.79 Å². The van der Waals surface area contributed by atoms with Crippen LogP contribution in [0.5, 0.6) is 23.0 Å². The second-order valence-corrected chi connectivity index (χ2v) is 11.2. The quantitative estimate of drug-likeness (QED) is 0.144. The average molecular weight is 685 g/mol. The van der Waals surface area contributed by atoms with E-state index in [1.54, 1.807) is 4.90 Å². The summed E-state index contributed by atoms with van der Waals surface area (Å²) in [6.07, 6.45) is 1.84. The van der Waals surface area contributed by atoms with Gasteiger partial charge in [-0.15, -0.1) is 0 Å². The van der Waals surface area contributed by atoms with Gasteiger partial charge in [0.25, 0.3) is 11.6 Å². The van der Waals surface area contributed by atoms with Gasteiger partial charge in [0.15, 0.2) is 18.1 Å². The number of benzene rings is 3. The van der Waals surface area contributed by atoms with E-state index in [1.165, 1.54) is 72.7 Å². The molecule has 0 saturated carbocycles. The average Bonchev–Trinajstić information content (AvgIpc) is 3.52. The molecule has 5 rings (SSSR count). The molecule has 47 heavy (non-hydrogen) atoms. The molecular formula is C31H26Cl2N4O10. The van der Waals surface area contributed by atoms with E-state index in [2.05, 4.69) is 5.16 Å². The van der Waals surface area contributed by atoms with E-state index in [1.807, 2.05) is 0 Å². The van der Waals surface area contributed by atoms with Crippen molar-refractivity contribution in [1.29, 1.82) is 0 Å². The predicted octanol–water partition coefficient (Wildman–Crippen LogP) is 6.18. The number of carbonyl (C=O) groups is 3. The maximum absolute atomic E-state index is 14.6. The number of aliphatic carboxylic acids is 1. The molecule has 1 aliphatic rings. The van der Waals surface area contributed by atoms with Gasteiger partial charge < -0.3 is 29.1 Å². The van der Waals surface area contributed by atoms with Crippen LogP contribution in [0.3, 0.4) is 0 Å². The van der Waals surface area contributed by atoms with Crippen molar-refractivity contribution in [3.63, 3.8) is 0 Å². The minimum absolute atomic E-state index is 0.0129. The van der Waals surface area contributed by atoms with Crippen LogP contribution >= 0.6 is 23.2 Å². The molecule has 1 saturated heterocycles. The number of ether oxygens (including phenoxy) is 2. The molecule has 0 unspecified atom stereocenters. The highest BCUT2D eigenvalue weighted by Crippen LogP contribution is 2.44. The summed E-state index contributed by atoms with van der Waals surface area (Å²) in [6, 6.07) is 11.8. The standard InChI is InChI=1S/C31H26Cl2N4O10/c1-17(38)35-11-9-18(10-12-35)36(30-25(39)3-2-4-26(30)47-20-7-5-19(6-8-20)37(43)44)31(42)29-22(15-46-34-29)21-13-27(45-16-28(40)41)24(33)14-23(21)32/h2-8,13-15,18,39H,9-12,16H2,1H3,(H,40,41). The lowest BCUT2D eigenvalue weighted by Gasteiger charge is -2.38. The number of rotatable bonds is 10. The predicted molar refractivity (Wildman–Crippen MR) is 168 cm³/mol. The number of carbonyl (C=O) groups excluding carboxylic acids is 2. The van der Waals surface area contributed by atoms with Crippen LogP contribution in [-0.2, 0) is 9.59 Å². The molecule has 2 amide bonds. The molecule has 244 valence electrons. The van der Waals surface area contributed by atoms with Crippen LogP contribution in [0.15, 0.2) is 65.4 Å². The van der Waals surface area contributed by atoms with Crippen molar-refractivity contribution < 1.29 is 43.5 Å². The summed E-state index contributed by atoms with van der Waals surface area (Å²) in [4.78, 5) is 51.3. The summed E-state index contributed by atoms with van der Waals surface area (Å²) in [7, 11) is 0. The van der Waals surface area contributed by atoms with Gasteiger partial charge in [-0.05, 0) is 49.2 Å². The number of aromatic nitrogens is 1. The molecule has 1 aromatic heterocycles. The number of carboxylic acid groups (broad SMARTS) is 1. The number of halogens is 2. The molecule has 4 aromatic rings. The van der Waals surface area contributed by atoms with E-state index in [-0.39, 0.29) is 67.1 Å². The minimum Gasteiger partial charge on any atom is -0.506 e. The highest BCUT2D eigenvalue weighted by molar-refractivity contribution is 6.37. The Kier molecular flexibility index (Phi) is 9.82. The third kappa shape index (κ3) is 7.23. The summed E-state index contributed by atoms with van der Waals surface area (Å²) in [5.74, 6) is -2.15. The van der Waals surface area contributed by atoms with Crippen LogP contribution in [0.4, 0.5) is 11.4 Å². The monoisotopic (exact) mass is 684 g/mol. The number of nitro groups is 1. The van der Waals surface area contributed by atoms with E-state index >= 15 is 0 Å². The fourth-order valence-corrected chi connectivity index (χ4v) is 5.71. The van der Waals surface area contributed by atoms with Gasteiger partial charge in [0, 0.05) is 43.8 Å². The molecule has 0 spiro atoms. The zero-order valence-electron chi connectivity index (χ0n) is 24.6. The number of phenols is 1. The summed E-state index contributed by atoms with van der Waals surface area (Å²) in [5, 5.41) is 35.5. The maximum Gasteiger partial charge on any atom is 0.341 e. The van der Waals surface area contributed by atoms with Crippen molar-refractivity contribution in [1.82, 2.24) is 10.1 Å². The van der Waals surface area contributed by atoms with Crippen molar-refractivity contribution in [2.45, 2.75) is 25.8 Å². The van der Waals surface area contributed by atoms with Crippen molar-refractivity contribution in [2.75, 3.05) is 24.6 Å². The smallest absolute Gasteiger partial charge is 0.341 e. The Bertz CT molecular complexity index is 1840. The molecule has 0 atom stereocenters. The summed E-state index contributed by atoms with van der Waals surface area (Å²) >= 11 is 12.7. The van der Waals surface area contributed by atoms with Gasteiger partial charge in [-0.1, -0.05) is 34.4 Å². The number of piperidine rings is 1. The number of non-ortho nitro benzene ring substituents is 1. The molecule has 2 heterocycles. The number of nitrogens with zero attached hydrogens (tertiary/aromatic N) is 4. The Morgan fingerprint density at radius 1 is 1.06 bits per heavy atom. The molecule has 0 radical (unpaired) electrons. The lowest BCUT2D eigenvalue weighted by molar-refractivity contribution is -0.384. The number of amides is 2. The molecule has 3 aromatic carbocycles. The molecule has 1 aliphatic heterocycles. The number of hydrogen-bond acceptors (Lipinski definition) is 10. The first-order valence-electron chi connectivity index (χ1n) is 14.1. The van der Waals surface area contributed by atoms with Gasteiger partial charge in [-0.3, -0.25) is 24.6 Å². The van der Waals surface area contributed by atoms with Crippen molar-refractivity contribution in [3.8, 4) is 34.1 Å². The van der Waals surface area contributed by atoms with Gasteiger partial charge in [0.05, 0.1) is 20.5 Å². The number of phenolic OH excluding ortho intramolecular Hbond substituents is 1. The topological polar surface area (TPSA) is 186 Å². The van der Waals surface area contributed by atoms with E-state index in [9.17, 15) is 29.6 Å². The van der Waals surface area contributed by atoms with E-state index in [4.69, 9.17) is 42.3 Å². The van der Waals surface area contributed by atoms with Crippen LogP contribution < -0.4 is 14.4 Å². The first-order chi connectivity index (χ1) is 22.4. The van der Waals surface area contributed by atoms with Crippen molar-refractivity contribution in [3.05, 3.63) is 86.7 Å². The summed E-state index contributed by atoms with van der Waals surface area (Å²) in [5.41, 5.74) is -0.0579. The van der Waals surface area contributed by atoms with Crippen molar-refractivity contribution >= 4 is 52.4 Å².